The van der Waals surface area contributed by atoms with Crippen LogP contribution < -0.4 is 9.47 Å². The highest BCUT2D eigenvalue weighted by molar-refractivity contribution is 5.63. The molecule has 5 rings (SSSR count). The first-order chi connectivity index (χ1) is 13.6. The second-order valence-corrected chi connectivity index (χ2v) is 7.94. The Morgan fingerprint density at radius 3 is 2.68 bits per heavy atom. The molecule has 28 heavy (non-hydrogen) atoms. The van der Waals surface area contributed by atoms with Gasteiger partial charge in [0, 0.05) is 18.2 Å². The first kappa shape index (κ1) is 17.3. The molecular formula is C20H27N8+. The molecular weight excluding hydrogens is 352 g/mol. The maximum Gasteiger partial charge on any atom is 0.270 e. The van der Waals surface area contributed by atoms with Crippen LogP contribution in [-0.2, 0) is 7.05 Å². The number of anilines is 1. The highest BCUT2D eigenvalue weighted by atomic mass is 15.4. The molecule has 2 aliphatic rings. The molecule has 1 aliphatic carbocycles. The molecule has 1 saturated carbocycles. The van der Waals surface area contributed by atoms with Crippen molar-refractivity contribution in [2.75, 3.05) is 4.90 Å². The zero-order valence-electron chi connectivity index (χ0n) is 17.0. The number of aryl methyl sites for hydroxylation is 2. The van der Waals surface area contributed by atoms with Gasteiger partial charge < -0.3 is 9.47 Å². The summed E-state index contributed by atoms with van der Waals surface area (Å²) in [6.45, 7) is 6.30. The summed E-state index contributed by atoms with van der Waals surface area (Å²) in [4.78, 5) is 17.0. The van der Waals surface area contributed by atoms with E-state index >= 15 is 0 Å². The van der Waals surface area contributed by atoms with Gasteiger partial charge in [0.1, 0.15) is 17.6 Å². The van der Waals surface area contributed by atoms with Gasteiger partial charge in [-0.3, -0.25) is 0 Å². The number of H-pyrrole nitrogens is 1. The number of hydrogen-bond acceptors (Lipinski definition) is 5. The molecule has 0 saturated heterocycles. The molecule has 1 aliphatic heterocycles. The molecule has 0 amide bonds. The lowest BCUT2D eigenvalue weighted by atomic mass is 10.0. The molecule has 0 radical (unpaired) electrons. The molecule has 3 aromatic rings. The molecule has 3 aromatic heterocycles. The van der Waals surface area contributed by atoms with Gasteiger partial charge in [-0.05, 0) is 33.1 Å². The van der Waals surface area contributed by atoms with Gasteiger partial charge in [-0.1, -0.05) is 19.8 Å². The lowest BCUT2D eigenvalue weighted by Crippen LogP contribution is -2.51. The Bertz CT molecular complexity index is 1030. The number of aromatic nitrogens is 7. The molecule has 0 unspecified atom stereocenters. The normalized spacial score (nSPS) is 19.1. The van der Waals surface area contributed by atoms with Gasteiger partial charge in [0.15, 0.2) is 17.3 Å². The number of nitrogens with zero attached hydrogens (tertiary/aromatic N) is 7. The third kappa shape index (κ3) is 2.40. The second kappa shape index (κ2) is 6.39. The van der Waals surface area contributed by atoms with Crippen LogP contribution in [0.3, 0.4) is 0 Å². The van der Waals surface area contributed by atoms with E-state index in [2.05, 4.69) is 43.1 Å². The van der Waals surface area contributed by atoms with Crippen LogP contribution in [0.4, 0.5) is 5.82 Å². The zero-order valence-corrected chi connectivity index (χ0v) is 17.0. The fourth-order valence-corrected chi connectivity index (χ4v) is 4.80. The van der Waals surface area contributed by atoms with Crippen molar-refractivity contribution in [3.8, 4) is 17.2 Å². The van der Waals surface area contributed by atoms with Crippen LogP contribution in [0.2, 0.25) is 0 Å². The van der Waals surface area contributed by atoms with Crippen molar-refractivity contribution < 1.29 is 4.57 Å². The van der Waals surface area contributed by atoms with E-state index in [1.807, 2.05) is 26.5 Å². The first-order valence-corrected chi connectivity index (χ1v) is 10.2. The Kier molecular flexibility index (Phi) is 3.96. The van der Waals surface area contributed by atoms with Crippen molar-refractivity contribution in [1.29, 1.82) is 0 Å². The van der Waals surface area contributed by atoms with E-state index in [9.17, 15) is 0 Å². The lowest BCUT2D eigenvalue weighted by Gasteiger charge is -2.39. The fourth-order valence-electron chi connectivity index (χ4n) is 4.80. The van der Waals surface area contributed by atoms with Crippen LogP contribution in [0, 0.1) is 13.8 Å². The summed E-state index contributed by atoms with van der Waals surface area (Å²) < 4.78 is 4.19. The topological polar surface area (TPSA) is 79.4 Å². The van der Waals surface area contributed by atoms with Gasteiger partial charge >= 0.3 is 0 Å². The predicted octanol–water partition coefficient (Wildman–Crippen LogP) is 2.71. The second-order valence-electron chi connectivity index (χ2n) is 7.94. The molecule has 0 spiro atoms. The van der Waals surface area contributed by atoms with Crippen molar-refractivity contribution in [2.24, 2.45) is 7.05 Å². The number of nitrogens with one attached hydrogen (secondary N) is 1. The summed E-state index contributed by atoms with van der Waals surface area (Å²) in [6.07, 6.45) is 9.73. The largest absolute Gasteiger partial charge is 0.337 e. The van der Waals surface area contributed by atoms with Crippen LogP contribution in [0.5, 0.6) is 0 Å². The van der Waals surface area contributed by atoms with E-state index in [0.29, 0.717) is 6.04 Å². The third-order valence-electron chi connectivity index (χ3n) is 6.34. The van der Waals surface area contributed by atoms with Gasteiger partial charge in [0.05, 0.1) is 11.9 Å². The zero-order chi connectivity index (χ0) is 19.4. The Balaban J connectivity index is 1.75. The van der Waals surface area contributed by atoms with Gasteiger partial charge in [-0.15, -0.1) is 5.10 Å². The van der Waals surface area contributed by atoms with Gasteiger partial charge in [-0.25, -0.2) is 15.0 Å². The van der Waals surface area contributed by atoms with Crippen molar-refractivity contribution in [2.45, 2.75) is 65.0 Å². The van der Waals surface area contributed by atoms with E-state index in [1.165, 1.54) is 25.7 Å². The number of fused-ring (bicyclic) bond motifs is 3. The van der Waals surface area contributed by atoms with Gasteiger partial charge in [0.25, 0.3) is 12.2 Å². The molecule has 1 N–H and O–H groups in total. The minimum atomic E-state index is 0.244. The molecule has 8 nitrogen and oxygen atoms in total. The number of hydrogen-bond donors (Lipinski definition) is 1. The third-order valence-corrected chi connectivity index (χ3v) is 6.34. The van der Waals surface area contributed by atoms with Crippen molar-refractivity contribution in [1.82, 2.24) is 29.7 Å². The maximum atomic E-state index is 5.11. The minimum absolute atomic E-state index is 0.244. The smallest absolute Gasteiger partial charge is 0.270 e. The molecule has 8 heteroatoms. The fraction of sp³-hybridized carbons (Fsp3) is 0.550. The van der Waals surface area contributed by atoms with Crippen LogP contribution in [-0.4, -0.2) is 35.8 Å². The molecule has 0 aromatic carbocycles. The summed E-state index contributed by atoms with van der Waals surface area (Å²) >= 11 is 0. The van der Waals surface area contributed by atoms with E-state index in [0.717, 1.165) is 46.8 Å². The SMILES string of the molecule is CC[C@@H]1c2[nH]nc[n+]2-c2c(C)nc(-c3cnc(C)n3C)nc2N1C1CCCC1. The summed E-state index contributed by atoms with van der Waals surface area (Å²) in [5.74, 6) is 3.85. The molecule has 4 heterocycles. The first-order valence-electron chi connectivity index (χ1n) is 10.2. The van der Waals surface area contributed by atoms with Crippen molar-refractivity contribution >= 4 is 5.82 Å². The number of aromatic amines is 1. The van der Waals surface area contributed by atoms with E-state index in [1.54, 1.807) is 0 Å². The Labute approximate surface area is 164 Å². The van der Waals surface area contributed by atoms with Crippen LogP contribution in [0.15, 0.2) is 12.5 Å². The summed E-state index contributed by atoms with van der Waals surface area (Å²) in [5, 5.41) is 7.58. The number of rotatable bonds is 3. The summed E-state index contributed by atoms with van der Waals surface area (Å²) in [7, 11) is 2.02. The molecule has 0 bridgehead atoms. The Morgan fingerprint density at radius 2 is 2.00 bits per heavy atom. The Morgan fingerprint density at radius 1 is 1.21 bits per heavy atom. The number of imidazole rings is 1. The molecule has 146 valence electrons. The van der Waals surface area contributed by atoms with Gasteiger partial charge in [-0.2, -0.15) is 4.57 Å². The molecule has 1 atom stereocenters. The molecule has 1 fully saturated rings. The highest BCUT2D eigenvalue weighted by Gasteiger charge is 2.42. The standard InChI is InChI=1S/C20H26N8/c1-5-15-19-25-22-11-27(19)17-12(2)23-18(16-10-21-13(3)26(16)4)24-20(17)28(15)14-8-6-7-9-14/h10-11,14-15H,5-9H2,1-4H3/p+1/t15-/m1/s1. The van der Waals surface area contributed by atoms with E-state index in [4.69, 9.17) is 9.97 Å². The van der Waals surface area contributed by atoms with Crippen LogP contribution in [0.1, 0.15) is 62.4 Å². The minimum Gasteiger partial charge on any atom is -0.337 e. The predicted molar refractivity (Wildman–Crippen MR) is 105 cm³/mol. The van der Waals surface area contributed by atoms with E-state index < -0.39 is 0 Å². The Hall–Kier alpha value is -2.77. The van der Waals surface area contributed by atoms with E-state index in [-0.39, 0.29) is 6.04 Å². The van der Waals surface area contributed by atoms with Crippen LogP contribution in [0.25, 0.3) is 17.2 Å². The van der Waals surface area contributed by atoms with Crippen LogP contribution >= 0.6 is 0 Å². The van der Waals surface area contributed by atoms with Gasteiger partial charge in [0.2, 0.25) is 0 Å². The average Bonchev–Trinajstić information content (AvgIpc) is 3.43. The van der Waals surface area contributed by atoms with Crippen molar-refractivity contribution in [3.05, 3.63) is 29.9 Å². The average molecular weight is 379 g/mol. The quantitative estimate of drug-likeness (QED) is 0.708. The van der Waals surface area contributed by atoms with Crippen molar-refractivity contribution in [3.63, 3.8) is 0 Å². The monoisotopic (exact) mass is 379 g/mol. The lowest BCUT2D eigenvalue weighted by molar-refractivity contribution is -0.608. The summed E-state index contributed by atoms with van der Waals surface area (Å²) in [6, 6.07) is 0.754. The maximum absolute atomic E-state index is 5.11. The summed E-state index contributed by atoms with van der Waals surface area (Å²) in [5.41, 5.74) is 2.96. The highest BCUT2D eigenvalue weighted by Crippen LogP contribution is 2.41.